The predicted molar refractivity (Wildman–Crippen MR) is 113 cm³/mol. The summed E-state index contributed by atoms with van der Waals surface area (Å²) in [6.45, 7) is 0.992. The summed E-state index contributed by atoms with van der Waals surface area (Å²) in [6.07, 6.45) is 2.96. The zero-order valence-corrected chi connectivity index (χ0v) is 17.7. The molecule has 2 aromatic carbocycles. The van der Waals surface area contributed by atoms with Crippen LogP contribution in [0.2, 0.25) is 5.02 Å². The molecule has 1 aliphatic carbocycles. The molecule has 1 aliphatic heterocycles. The van der Waals surface area contributed by atoms with E-state index in [0.717, 1.165) is 30.4 Å². The molecular formula is C23H25ClFN3O2. The average Bonchev–Trinajstić information content (AvgIpc) is 3.34. The van der Waals surface area contributed by atoms with Gasteiger partial charge in [0.1, 0.15) is 11.9 Å². The van der Waals surface area contributed by atoms with Gasteiger partial charge in [-0.2, -0.15) is 0 Å². The maximum atomic E-state index is 13.6. The molecule has 2 aromatic rings. The number of likely N-dealkylation sites (N-methyl/N-ethyl adjacent to an activating group) is 1. The number of carbonyl (C=O) groups is 2. The first kappa shape index (κ1) is 20.7. The van der Waals surface area contributed by atoms with E-state index in [1.54, 1.807) is 35.0 Å². The summed E-state index contributed by atoms with van der Waals surface area (Å²) in [5.41, 5.74) is 1.23. The van der Waals surface area contributed by atoms with Crippen LogP contribution >= 0.6 is 11.6 Å². The van der Waals surface area contributed by atoms with Gasteiger partial charge in [-0.1, -0.05) is 35.9 Å². The van der Waals surface area contributed by atoms with Gasteiger partial charge in [0.2, 0.25) is 5.91 Å². The summed E-state index contributed by atoms with van der Waals surface area (Å²) in [5.74, 6) is -0.390. The van der Waals surface area contributed by atoms with Crippen molar-refractivity contribution in [3.8, 4) is 0 Å². The molecule has 7 heteroatoms. The van der Waals surface area contributed by atoms with Gasteiger partial charge in [-0.05, 0) is 61.1 Å². The Morgan fingerprint density at radius 1 is 1.23 bits per heavy atom. The Labute approximate surface area is 180 Å². The van der Waals surface area contributed by atoms with Crippen molar-refractivity contribution in [2.75, 3.05) is 13.6 Å². The van der Waals surface area contributed by atoms with Gasteiger partial charge in [-0.3, -0.25) is 4.79 Å². The SMILES string of the molecule is CN(Cc1ccc(Cl)cc1)C(=O)[C@H]1CCCN1C(=O)NC1(c2cccc(F)c2)CC1. The fraction of sp³-hybridized carbons (Fsp3) is 0.391. The number of carbonyl (C=O) groups excluding carboxylic acids is 2. The smallest absolute Gasteiger partial charge is 0.318 e. The molecule has 2 aliphatic rings. The second-order valence-corrected chi connectivity index (χ2v) is 8.63. The van der Waals surface area contributed by atoms with E-state index in [1.165, 1.54) is 12.1 Å². The molecule has 1 saturated carbocycles. The summed E-state index contributed by atoms with van der Waals surface area (Å²) in [5, 5.41) is 3.72. The number of nitrogens with zero attached hydrogens (tertiary/aromatic N) is 2. The molecule has 158 valence electrons. The quantitative estimate of drug-likeness (QED) is 0.770. The van der Waals surface area contributed by atoms with E-state index >= 15 is 0 Å². The highest BCUT2D eigenvalue weighted by molar-refractivity contribution is 6.30. The molecule has 1 saturated heterocycles. The third kappa shape index (κ3) is 4.29. The monoisotopic (exact) mass is 429 g/mol. The maximum absolute atomic E-state index is 13.6. The van der Waals surface area contributed by atoms with Gasteiger partial charge < -0.3 is 15.1 Å². The first-order chi connectivity index (χ1) is 14.4. The van der Waals surface area contributed by atoms with Crippen molar-refractivity contribution in [1.29, 1.82) is 0 Å². The number of benzene rings is 2. The first-order valence-corrected chi connectivity index (χ1v) is 10.6. The zero-order valence-electron chi connectivity index (χ0n) is 16.9. The van der Waals surface area contributed by atoms with E-state index < -0.39 is 11.6 Å². The van der Waals surface area contributed by atoms with Crippen LogP contribution in [-0.2, 0) is 16.9 Å². The van der Waals surface area contributed by atoms with Crippen LogP contribution in [0.25, 0.3) is 0 Å². The van der Waals surface area contributed by atoms with Gasteiger partial charge in [0.05, 0.1) is 5.54 Å². The molecule has 30 heavy (non-hydrogen) atoms. The molecule has 0 aromatic heterocycles. The molecule has 4 rings (SSSR count). The Hall–Kier alpha value is -2.60. The van der Waals surface area contributed by atoms with Gasteiger partial charge >= 0.3 is 6.03 Å². The Morgan fingerprint density at radius 3 is 2.63 bits per heavy atom. The minimum Gasteiger partial charge on any atom is -0.340 e. The minimum atomic E-state index is -0.523. The molecule has 5 nitrogen and oxygen atoms in total. The normalized spacial score (nSPS) is 19.4. The lowest BCUT2D eigenvalue weighted by molar-refractivity contribution is -0.134. The van der Waals surface area contributed by atoms with Crippen molar-refractivity contribution in [3.63, 3.8) is 0 Å². The largest absolute Gasteiger partial charge is 0.340 e. The minimum absolute atomic E-state index is 0.0757. The molecule has 1 N–H and O–H groups in total. The van der Waals surface area contributed by atoms with Crippen molar-refractivity contribution < 1.29 is 14.0 Å². The van der Waals surface area contributed by atoms with Crippen LogP contribution < -0.4 is 5.32 Å². The van der Waals surface area contributed by atoms with Gasteiger partial charge in [0, 0.05) is 25.2 Å². The Balaban J connectivity index is 1.42. The molecule has 2 fully saturated rings. The third-order valence-electron chi connectivity index (χ3n) is 5.98. The number of nitrogens with one attached hydrogen (secondary N) is 1. The average molecular weight is 430 g/mol. The van der Waals surface area contributed by atoms with Crippen LogP contribution in [0.4, 0.5) is 9.18 Å². The number of likely N-dealkylation sites (tertiary alicyclic amines) is 1. The number of halogens is 2. The molecule has 0 spiro atoms. The molecule has 0 bridgehead atoms. The zero-order chi connectivity index (χ0) is 21.3. The van der Waals surface area contributed by atoms with Crippen LogP contribution in [0, 0.1) is 5.82 Å². The van der Waals surface area contributed by atoms with Gasteiger partial charge in [-0.15, -0.1) is 0 Å². The van der Waals surface area contributed by atoms with E-state index in [1.807, 2.05) is 18.2 Å². The lowest BCUT2D eigenvalue weighted by Gasteiger charge is -2.30. The maximum Gasteiger partial charge on any atom is 0.318 e. The van der Waals surface area contributed by atoms with Crippen molar-refractivity contribution in [1.82, 2.24) is 15.1 Å². The summed E-state index contributed by atoms with van der Waals surface area (Å²) in [4.78, 5) is 29.4. The lowest BCUT2D eigenvalue weighted by Crippen LogP contribution is -2.51. The van der Waals surface area contributed by atoms with Gasteiger partial charge in [-0.25, -0.2) is 9.18 Å². The van der Waals surface area contributed by atoms with Crippen LogP contribution in [0.5, 0.6) is 0 Å². The number of amides is 3. The van der Waals surface area contributed by atoms with E-state index in [9.17, 15) is 14.0 Å². The first-order valence-electron chi connectivity index (χ1n) is 10.2. The predicted octanol–water partition coefficient (Wildman–Crippen LogP) is 4.30. The van der Waals surface area contributed by atoms with Crippen LogP contribution in [-0.4, -0.2) is 41.4 Å². The molecule has 0 unspecified atom stereocenters. The van der Waals surface area contributed by atoms with E-state index in [0.29, 0.717) is 24.5 Å². The molecule has 3 amide bonds. The summed E-state index contributed by atoms with van der Waals surface area (Å²) in [7, 11) is 1.75. The van der Waals surface area contributed by atoms with Gasteiger partial charge in [0.25, 0.3) is 0 Å². The second-order valence-electron chi connectivity index (χ2n) is 8.19. The number of hydrogen-bond donors (Lipinski definition) is 1. The van der Waals surface area contributed by atoms with Crippen molar-refractivity contribution in [2.45, 2.75) is 43.8 Å². The Kier molecular flexibility index (Phi) is 5.69. The number of rotatable bonds is 5. The fourth-order valence-corrected chi connectivity index (χ4v) is 4.26. The van der Waals surface area contributed by atoms with Gasteiger partial charge in [0.15, 0.2) is 0 Å². The molecule has 1 atom stereocenters. The number of urea groups is 1. The van der Waals surface area contributed by atoms with E-state index in [2.05, 4.69) is 5.32 Å². The number of hydrogen-bond acceptors (Lipinski definition) is 2. The van der Waals surface area contributed by atoms with Crippen molar-refractivity contribution >= 4 is 23.5 Å². The molecule has 0 radical (unpaired) electrons. The van der Waals surface area contributed by atoms with E-state index in [4.69, 9.17) is 11.6 Å². The lowest BCUT2D eigenvalue weighted by atomic mass is 10.1. The molecular weight excluding hydrogens is 405 g/mol. The fourth-order valence-electron chi connectivity index (χ4n) is 4.14. The van der Waals surface area contributed by atoms with E-state index in [-0.39, 0.29) is 17.8 Å². The van der Waals surface area contributed by atoms with Crippen molar-refractivity contribution in [2.24, 2.45) is 0 Å². The van der Waals surface area contributed by atoms with Crippen LogP contribution in [0.15, 0.2) is 48.5 Å². The van der Waals surface area contributed by atoms with Crippen molar-refractivity contribution in [3.05, 3.63) is 70.5 Å². The molecule has 1 heterocycles. The third-order valence-corrected chi connectivity index (χ3v) is 6.23. The Bertz CT molecular complexity index is 946. The summed E-state index contributed by atoms with van der Waals surface area (Å²) < 4.78 is 13.6. The summed E-state index contributed by atoms with van der Waals surface area (Å²) >= 11 is 5.93. The Morgan fingerprint density at radius 2 is 1.97 bits per heavy atom. The summed E-state index contributed by atoms with van der Waals surface area (Å²) in [6, 6.07) is 13.0. The van der Waals surface area contributed by atoms with Crippen LogP contribution in [0.3, 0.4) is 0 Å². The second kappa shape index (κ2) is 8.26. The highest BCUT2D eigenvalue weighted by Crippen LogP contribution is 2.46. The van der Waals surface area contributed by atoms with Crippen LogP contribution in [0.1, 0.15) is 36.8 Å². The highest BCUT2D eigenvalue weighted by atomic mass is 35.5. The topological polar surface area (TPSA) is 52.7 Å². The standard InChI is InChI=1S/C23H25ClFN3O2/c1-27(15-16-7-9-18(24)10-8-16)21(29)20-6-3-13-28(20)22(30)26-23(11-12-23)17-4-2-5-19(25)14-17/h2,4-5,7-10,14,20H,3,6,11-13,15H2,1H3,(H,26,30)/t20-/m1/s1. The highest BCUT2D eigenvalue weighted by Gasteiger charge is 2.48.